The molecule has 0 spiro atoms. The second-order valence-corrected chi connectivity index (χ2v) is 9.55. The summed E-state index contributed by atoms with van der Waals surface area (Å²) < 4.78 is 18.8. The summed E-state index contributed by atoms with van der Waals surface area (Å²) in [6.07, 6.45) is 4.70. The topological polar surface area (TPSA) is 97.8 Å². The van der Waals surface area contributed by atoms with Gasteiger partial charge in [0.25, 0.3) is 11.8 Å². The highest BCUT2D eigenvalue weighted by atomic mass is 16.5. The smallest absolute Gasteiger partial charge is 0.259 e. The zero-order valence-corrected chi connectivity index (χ0v) is 21.5. The van der Waals surface area contributed by atoms with E-state index in [0.29, 0.717) is 33.8 Å². The number of amides is 2. The van der Waals surface area contributed by atoms with Gasteiger partial charge in [-0.2, -0.15) is 0 Å². The first-order valence-electron chi connectivity index (χ1n) is 12.8. The molecule has 6 rings (SSSR count). The van der Waals surface area contributed by atoms with Gasteiger partial charge >= 0.3 is 0 Å². The van der Waals surface area contributed by atoms with Crippen LogP contribution in [0.3, 0.4) is 0 Å². The van der Waals surface area contributed by atoms with Crippen LogP contribution in [0.2, 0.25) is 0 Å². The lowest BCUT2D eigenvalue weighted by Gasteiger charge is -2.26. The number of carbonyl (C=O) groups is 2. The maximum absolute atomic E-state index is 13.3. The maximum Gasteiger partial charge on any atom is 0.259 e. The van der Waals surface area contributed by atoms with Crippen molar-refractivity contribution in [3.05, 3.63) is 59.9 Å². The maximum atomic E-state index is 13.3. The van der Waals surface area contributed by atoms with Crippen molar-refractivity contribution in [3.63, 3.8) is 0 Å². The molecular formula is C29H30N4O5. The fraction of sp³-hybridized carbons (Fsp3) is 0.310. The fourth-order valence-electron chi connectivity index (χ4n) is 5.54. The Labute approximate surface area is 219 Å². The summed E-state index contributed by atoms with van der Waals surface area (Å²) in [6.45, 7) is 5.10. The number of hydrogen-bond donors (Lipinski definition) is 2. The predicted octanol–water partition coefficient (Wildman–Crippen LogP) is 3.43. The van der Waals surface area contributed by atoms with Crippen LogP contribution in [-0.4, -0.2) is 73.3 Å². The third-order valence-corrected chi connectivity index (χ3v) is 7.42. The van der Waals surface area contributed by atoms with E-state index in [1.165, 1.54) is 0 Å². The summed E-state index contributed by atoms with van der Waals surface area (Å²) in [4.78, 5) is 32.1. The van der Waals surface area contributed by atoms with E-state index in [2.05, 4.69) is 19.8 Å². The molecule has 0 radical (unpaired) electrons. The van der Waals surface area contributed by atoms with Gasteiger partial charge in [-0.15, -0.1) is 0 Å². The average Bonchev–Trinajstić information content (AvgIpc) is 3.60. The van der Waals surface area contributed by atoms with E-state index in [1.807, 2.05) is 42.6 Å². The zero-order valence-electron chi connectivity index (χ0n) is 21.5. The van der Waals surface area contributed by atoms with E-state index in [0.717, 1.165) is 67.6 Å². The van der Waals surface area contributed by atoms with Crippen molar-refractivity contribution in [2.45, 2.75) is 13.0 Å². The van der Waals surface area contributed by atoms with Gasteiger partial charge in [-0.1, -0.05) is 18.2 Å². The van der Waals surface area contributed by atoms with Crippen molar-refractivity contribution in [2.75, 3.05) is 47.1 Å². The number of hydrogen-bond acceptors (Lipinski definition) is 6. The Balaban J connectivity index is 1.49. The molecule has 2 aliphatic heterocycles. The van der Waals surface area contributed by atoms with Crippen molar-refractivity contribution in [3.8, 4) is 11.5 Å². The summed E-state index contributed by atoms with van der Waals surface area (Å²) in [6, 6.07) is 11.6. The molecule has 0 saturated carbocycles. The molecule has 2 amide bonds. The van der Waals surface area contributed by atoms with Gasteiger partial charge in [-0.25, -0.2) is 0 Å². The first-order valence-corrected chi connectivity index (χ1v) is 12.8. The lowest BCUT2D eigenvalue weighted by Crippen LogP contribution is -2.37. The predicted molar refractivity (Wildman–Crippen MR) is 145 cm³/mol. The molecule has 196 valence electrons. The van der Waals surface area contributed by atoms with Crippen LogP contribution in [0.1, 0.15) is 17.5 Å². The number of methoxy groups -OCH3 is 2. The molecule has 2 N–H and O–H groups in total. The Morgan fingerprint density at radius 2 is 1.61 bits per heavy atom. The van der Waals surface area contributed by atoms with Crippen LogP contribution >= 0.6 is 0 Å². The molecule has 2 aromatic carbocycles. The number of ether oxygens (including phenoxy) is 3. The van der Waals surface area contributed by atoms with E-state index >= 15 is 0 Å². The largest absolute Gasteiger partial charge is 0.493 e. The second-order valence-electron chi connectivity index (χ2n) is 9.55. The minimum absolute atomic E-state index is 0.365. The molecule has 1 fully saturated rings. The lowest BCUT2D eigenvalue weighted by molar-refractivity contribution is -0.122. The number of nitrogens with zero attached hydrogens (tertiary/aromatic N) is 2. The van der Waals surface area contributed by atoms with Crippen molar-refractivity contribution in [1.29, 1.82) is 0 Å². The molecule has 4 heterocycles. The molecule has 0 aliphatic carbocycles. The number of imide groups is 1. The first kappa shape index (κ1) is 24.3. The van der Waals surface area contributed by atoms with Gasteiger partial charge in [-0.05, 0) is 18.6 Å². The number of benzene rings is 2. The quantitative estimate of drug-likeness (QED) is 0.350. The third kappa shape index (κ3) is 4.13. The van der Waals surface area contributed by atoms with Crippen molar-refractivity contribution >= 4 is 44.8 Å². The van der Waals surface area contributed by atoms with Crippen molar-refractivity contribution in [2.24, 2.45) is 0 Å². The molecule has 2 aromatic heterocycles. The number of para-hydroxylation sites is 1. The summed E-state index contributed by atoms with van der Waals surface area (Å²) in [5, 5.41) is 4.24. The summed E-state index contributed by atoms with van der Waals surface area (Å²) in [5.41, 5.74) is 3.94. The minimum Gasteiger partial charge on any atom is -0.493 e. The van der Waals surface area contributed by atoms with E-state index in [9.17, 15) is 9.59 Å². The third-order valence-electron chi connectivity index (χ3n) is 7.42. The highest BCUT2D eigenvalue weighted by Crippen LogP contribution is 2.41. The van der Waals surface area contributed by atoms with Crippen LogP contribution in [0.25, 0.3) is 33.0 Å². The van der Waals surface area contributed by atoms with Crippen LogP contribution in [0.5, 0.6) is 11.5 Å². The lowest BCUT2D eigenvalue weighted by atomic mass is 9.95. The van der Waals surface area contributed by atoms with Gasteiger partial charge in [0.15, 0.2) is 11.5 Å². The molecule has 1 saturated heterocycles. The van der Waals surface area contributed by atoms with E-state index in [4.69, 9.17) is 14.2 Å². The Morgan fingerprint density at radius 3 is 2.37 bits per heavy atom. The Bertz CT molecular complexity index is 1570. The Kier molecular flexibility index (Phi) is 6.39. The molecule has 0 atom stereocenters. The van der Waals surface area contributed by atoms with Crippen LogP contribution in [0.4, 0.5) is 0 Å². The van der Waals surface area contributed by atoms with Crippen LogP contribution in [0.15, 0.2) is 48.8 Å². The van der Waals surface area contributed by atoms with Gasteiger partial charge in [0.2, 0.25) is 0 Å². The second kappa shape index (κ2) is 10.00. The number of aromatic nitrogens is 2. The molecule has 4 aromatic rings. The van der Waals surface area contributed by atoms with Gasteiger partial charge in [-0.3, -0.25) is 19.8 Å². The average molecular weight is 515 g/mol. The Hall–Kier alpha value is -4.08. The van der Waals surface area contributed by atoms with E-state index in [-0.39, 0.29) is 0 Å². The Morgan fingerprint density at radius 1 is 0.895 bits per heavy atom. The van der Waals surface area contributed by atoms with Gasteiger partial charge < -0.3 is 23.8 Å². The fourth-order valence-corrected chi connectivity index (χ4v) is 5.54. The number of fused-ring (bicyclic) bond motifs is 2. The SMILES string of the molecule is COc1cc2c(C3=C(c4c[nH]c5ccccc45)C(=O)NC3=O)cn(CCCN3CCOCC3)c2cc1OC. The number of H-pyrrole nitrogens is 1. The van der Waals surface area contributed by atoms with Crippen molar-refractivity contribution in [1.82, 2.24) is 19.8 Å². The van der Waals surface area contributed by atoms with Crippen molar-refractivity contribution < 1.29 is 23.8 Å². The van der Waals surface area contributed by atoms with Crippen LogP contribution < -0.4 is 14.8 Å². The monoisotopic (exact) mass is 514 g/mol. The standard InChI is InChI=1S/C29H30N4O5/c1-36-24-14-19-21(17-33(23(19)15-25(24)37-2)9-5-8-32-10-12-38-13-11-32)27-26(28(34)31-29(27)35)20-16-30-22-7-4-3-6-18(20)22/h3-4,6-7,14-17,30H,5,8-13H2,1-2H3,(H,31,34,35). The minimum atomic E-state index is -0.405. The van der Waals surface area contributed by atoms with Gasteiger partial charge in [0.1, 0.15) is 0 Å². The van der Waals surface area contributed by atoms with E-state index in [1.54, 1.807) is 20.4 Å². The normalized spacial score (nSPS) is 16.6. The summed E-state index contributed by atoms with van der Waals surface area (Å²) >= 11 is 0. The first-order chi connectivity index (χ1) is 18.6. The number of aryl methyl sites for hydroxylation is 1. The summed E-state index contributed by atoms with van der Waals surface area (Å²) in [5.74, 6) is 0.365. The van der Waals surface area contributed by atoms with Crippen LogP contribution in [-0.2, 0) is 20.9 Å². The molecule has 38 heavy (non-hydrogen) atoms. The molecular weight excluding hydrogens is 484 g/mol. The highest BCUT2D eigenvalue weighted by Gasteiger charge is 2.35. The van der Waals surface area contributed by atoms with Crippen LogP contribution in [0, 0.1) is 0 Å². The molecule has 2 aliphatic rings. The number of aromatic amines is 1. The van der Waals surface area contributed by atoms with E-state index < -0.39 is 11.8 Å². The zero-order chi connectivity index (χ0) is 26.2. The summed E-state index contributed by atoms with van der Waals surface area (Å²) in [7, 11) is 3.20. The number of morpholine rings is 1. The number of rotatable bonds is 8. The molecule has 9 nitrogen and oxygen atoms in total. The molecule has 9 heteroatoms. The van der Waals surface area contributed by atoms with Gasteiger partial charge in [0, 0.05) is 72.1 Å². The number of carbonyl (C=O) groups excluding carboxylic acids is 2. The molecule has 0 bridgehead atoms. The molecule has 0 unspecified atom stereocenters. The number of nitrogens with one attached hydrogen (secondary N) is 2. The van der Waals surface area contributed by atoms with Gasteiger partial charge in [0.05, 0.1) is 44.1 Å². The highest BCUT2D eigenvalue weighted by molar-refractivity contribution is 6.50.